The molecule has 1 aliphatic heterocycles. The normalized spacial score (nSPS) is 18.1. The molecular weight excluding hydrogens is 441 g/mol. The number of benzene rings is 1. The van der Waals surface area contributed by atoms with Gasteiger partial charge in [0.1, 0.15) is 0 Å². The molecule has 0 aromatic heterocycles. The second-order valence-corrected chi connectivity index (χ2v) is 6.77. The van der Waals surface area contributed by atoms with Crippen molar-refractivity contribution in [2.24, 2.45) is 10.9 Å². The molecule has 0 radical (unpaired) electrons. The number of guanidine groups is 1. The van der Waals surface area contributed by atoms with Crippen molar-refractivity contribution in [3.8, 4) is 6.07 Å². The second kappa shape index (κ2) is 12.1. The van der Waals surface area contributed by atoms with E-state index in [0.29, 0.717) is 18.0 Å². The Hall–Kier alpha value is -1.37. The molecule has 144 valence electrons. The maximum Gasteiger partial charge on any atom is 0.191 e. The Kier molecular flexibility index (Phi) is 10.5. The second-order valence-electron chi connectivity index (χ2n) is 6.77. The van der Waals surface area contributed by atoms with Gasteiger partial charge in [-0.1, -0.05) is 26.0 Å². The van der Waals surface area contributed by atoms with Crippen molar-refractivity contribution >= 4 is 29.9 Å². The van der Waals surface area contributed by atoms with Gasteiger partial charge in [-0.15, -0.1) is 24.0 Å². The van der Waals surface area contributed by atoms with E-state index >= 15 is 0 Å². The highest BCUT2D eigenvalue weighted by molar-refractivity contribution is 14.0. The SMILES string of the molecule is CN=C(NCc1cccc(C#N)c1)NCC1CN(CC(C)C)CCO1.I. The molecule has 6 nitrogen and oxygen atoms in total. The molecule has 0 bridgehead atoms. The number of nitrogens with one attached hydrogen (secondary N) is 2. The Morgan fingerprint density at radius 1 is 1.42 bits per heavy atom. The van der Waals surface area contributed by atoms with Gasteiger partial charge in [0.2, 0.25) is 0 Å². The topological polar surface area (TPSA) is 72.7 Å². The van der Waals surface area contributed by atoms with E-state index in [1.165, 1.54) is 0 Å². The molecule has 1 aliphatic rings. The Bertz CT molecular complexity index is 614. The molecule has 0 amide bonds. The van der Waals surface area contributed by atoms with E-state index in [1.807, 2.05) is 18.2 Å². The number of ether oxygens (including phenoxy) is 1. The van der Waals surface area contributed by atoms with E-state index in [2.05, 4.69) is 40.4 Å². The zero-order valence-electron chi connectivity index (χ0n) is 15.9. The molecule has 7 heteroatoms. The smallest absolute Gasteiger partial charge is 0.191 e. The lowest BCUT2D eigenvalue weighted by Crippen LogP contribution is -2.50. The van der Waals surface area contributed by atoms with Crippen molar-refractivity contribution in [2.75, 3.05) is 39.8 Å². The summed E-state index contributed by atoms with van der Waals surface area (Å²) in [7, 11) is 1.76. The van der Waals surface area contributed by atoms with Crippen LogP contribution in [0.3, 0.4) is 0 Å². The van der Waals surface area contributed by atoms with Crippen LogP contribution in [0.15, 0.2) is 29.3 Å². The fraction of sp³-hybridized carbons (Fsp3) is 0.579. The number of halogens is 1. The first-order valence-electron chi connectivity index (χ1n) is 8.88. The van der Waals surface area contributed by atoms with Crippen molar-refractivity contribution < 1.29 is 4.74 Å². The number of hydrogen-bond donors (Lipinski definition) is 2. The van der Waals surface area contributed by atoms with Crippen LogP contribution in [0.2, 0.25) is 0 Å². The van der Waals surface area contributed by atoms with E-state index in [1.54, 1.807) is 13.1 Å². The summed E-state index contributed by atoms with van der Waals surface area (Å²) < 4.78 is 5.85. The van der Waals surface area contributed by atoms with Gasteiger partial charge < -0.3 is 15.4 Å². The van der Waals surface area contributed by atoms with Crippen LogP contribution in [0, 0.1) is 17.2 Å². The Morgan fingerprint density at radius 2 is 2.23 bits per heavy atom. The minimum Gasteiger partial charge on any atom is -0.374 e. The molecule has 1 atom stereocenters. The largest absolute Gasteiger partial charge is 0.374 e. The van der Waals surface area contributed by atoms with Crippen LogP contribution < -0.4 is 10.6 Å². The van der Waals surface area contributed by atoms with Gasteiger partial charge in [0.15, 0.2) is 5.96 Å². The predicted molar refractivity (Wildman–Crippen MR) is 116 cm³/mol. The lowest BCUT2D eigenvalue weighted by atomic mass is 10.1. The van der Waals surface area contributed by atoms with Crippen LogP contribution in [0.4, 0.5) is 0 Å². The summed E-state index contributed by atoms with van der Waals surface area (Å²) >= 11 is 0. The first kappa shape index (κ1) is 22.7. The third-order valence-corrected chi connectivity index (χ3v) is 4.08. The molecule has 1 fully saturated rings. The summed E-state index contributed by atoms with van der Waals surface area (Å²) in [6.45, 7) is 9.70. The maximum absolute atomic E-state index is 8.97. The van der Waals surface area contributed by atoms with Crippen molar-refractivity contribution in [1.29, 1.82) is 5.26 Å². The van der Waals surface area contributed by atoms with E-state index in [9.17, 15) is 0 Å². The van der Waals surface area contributed by atoms with Crippen molar-refractivity contribution in [2.45, 2.75) is 26.5 Å². The van der Waals surface area contributed by atoms with Gasteiger partial charge >= 0.3 is 0 Å². The minimum absolute atomic E-state index is 0. The molecule has 26 heavy (non-hydrogen) atoms. The summed E-state index contributed by atoms with van der Waals surface area (Å²) in [5, 5.41) is 15.6. The monoisotopic (exact) mass is 471 g/mol. The number of morpholine rings is 1. The van der Waals surface area contributed by atoms with Crippen LogP contribution in [-0.2, 0) is 11.3 Å². The quantitative estimate of drug-likeness (QED) is 0.378. The maximum atomic E-state index is 8.97. The van der Waals surface area contributed by atoms with Gasteiger partial charge in [0, 0.05) is 39.8 Å². The van der Waals surface area contributed by atoms with E-state index in [-0.39, 0.29) is 30.1 Å². The highest BCUT2D eigenvalue weighted by atomic mass is 127. The Balaban J connectivity index is 0.00000338. The van der Waals surface area contributed by atoms with Crippen LogP contribution in [-0.4, -0.2) is 56.8 Å². The number of nitriles is 1. The summed E-state index contributed by atoms with van der Waals surface area (Å²) in [4.78, 5) is 6.72. The third kappa shape index (κ3) is 7.89. The summed E-state index contributed by atoms with van der Waals surface area (Å²) in [6.07, 6.45) is 0.174. The first-order valence-corrected chi connectivity index (χ1v) is 8.88. The number of hydrogen-bond acceptors (Lipinski definition) is 4. The van der Waals surface area contributed by atoms with Crippen LogP contribution >= 0.6 is 24.0 Å². The molecule has 1 aromatic rings. The standard InChI is InChI=1S/C19H29N5O.HI/c1-15(2)13-24-7-8-25-18(14-24)12-23-19(21-3)22-11-17-6-4-5-16(9-17)10-20;/h4-6,9,15,18H,7-8,11-14H2,1-3H3,(H2,21,22,23);1H. The molecule has 1 aromatic carbocycles. The zero-order valence-corrected chi connectivity index (χ0v) is 18.2. The van der Waals surface area contributed by atoms with Gasteiger partial charge in [0.05, 0.1) is 24.3 Å². The summed E-state index contributed by atoms with van der Waals surface area (Å²) in [5.74, 6) is 1.41. The summed E-state index contributed by atoms with van der Waals surface area (Å²) in [6, 6.07) is 9.74. The fourth-order valence-corrected chi connectivity index (χ4v) is 2.95. The average molecular weight is 471 g/mol. The lowest BCUT2D eigenvalue weighted by Gasteiger charge is -2.34. The zero-order chi connectivity index (χ0) is 18.1. The molecule has 2 rings (SSSR count). The number of nitrogens with zero attached hydrogens (tertiary/aromatic N) is 3. The average Bonchev–Trinajstić information content (AvgIpc) is 2.62. The van der Waals surface area contributed by atoms with Gasteiger partial charge in [-0.2, -0.15) is 5.26 Å². The number of rotatable bonds is 6. The van der Waals surface area contributed by atoms with Crippen LogP contribution in [0.5, 0.6) is 0 Å². The van der Waals surface area contributed by atoms with E-state index in [4.69, 9.17) is 10.00 Å². The fourth-order valence-electron chi connectivity index (χ4n) is 2.95. The van der Waals surface area contributed by atoms with Gasteiger partial charge in [-0.3, -0.25) is 9.89 Å². The number of aliphatic imine (C=N–C) groups is 1. The molecule has 0 aliphatic carbocycles. The van der Waals surface area contributed by atoms with E-state index in [0.717, 1.165) is 44.3 Å². The Morgan fingerprint density at radius 3 is 2.92 bits per heavy atom. The first-order chi connectivity index (χ1) is 12.1. The lowest BCUT2D eigenvalue weighted by molar-refractivity contribution is -0.0284. The molecular formula is C19H30IN5O. The van der Waals surface area contributed by atoms with Gasteiger partial charge in [-0.25, -0.2) is 0 Å². The van der Waals surface area contributed by atoms with Crippen molar-refractivity contribution in [1.82, 2.24) is 15.5 Å². The molecule has 0 saturated carbocycles. The Labute approximate surface area is 174 Å². The predicted octanol–water partition coefficient (Wildman–Crippen LogP) is 2.20. The van der Waals surface area contributed by atoms with Gasteiger partial charge in [0.25, 0.3) is 0 Å². The molecule has 1 saturated heterocycles. The van der Waals surface area contributed by atoms with Gasteiger partial charge in [-0.05, 0) is 23.6 Å². The third-order valence-electron chi connectivity index (χ3n) is 4.08. The molecule has 1 unspecified atom stereocenters. The van der Waals surface area contributed by atoms with E-state index < -0.39 is 0 Å². The highest BCUT2D eigenvalue weighted by Crippen LogP contribution is 2.07. The van der Waals surface area contributed by atoms with Crippen LogP contribution in [0.25, 0.3) is 0 Å². The van der Waals surface area contributed by atoms with Crippen LogP contribution in [0.1, 0.15) is 25.0 Å². The highest BCUT2D eigenvalue weighted by Gasteiger charge is 2.21. The molecule has 0 spiro atoms. The molecule has 1 heterocycles. The van der Waals surface area contributed by atoms with Crippen molar-refractivity contribution in [3.05, 3.63) is 35.4 Å². The van der Waals surface area contributed by atoms with Crippen molar-refractivity contribution in [3.63, 3.8) is 0 Å². The molecule has 2 N–H and O–H groups in total. The summed E-state index contributed by atoms with van der Waals surface area (Å²) in [5.41, 5.74) is 1.72. The minimum atomic E-state index is 0.